The zero-order valence-corrected chi connectivity index (χ0v) is 13.8. The third kappa shape index (κ3) is 1.79. The van der Waals surface area contributed by atoms with Crippen LogP contribution in [0.3, 0.4) is 0 Å². The summed E-state index contributed by atoms with van der Waals surface area (Å²) in [4.78, 5) is 0. The first-order chi connectivity index (χ1) is 11.8. The molecule has 0 radical (unpaired) electrons. The highest BCUT2D eigenvalue weighted by atomic mass is 16.7. The summed E-state index contributed by atoms with van der Waals surface area (Å²) in [7, 11) is 3.34. The van der Waals surface area contributed by atoms with Gasteiger partial charge in [-0.1, -0.05) is 0 Å². The average molecular weight is 325 g/mol. The molecule has 0 unspecified atom stereocenters. The number of hydrogen-bond acceptors (Lipinski definition) is 5. The van der Waals surface area contributed by atoms with E-state index in [4.69, 9.17) is 18.9 Å². The minimum Gasteiger partial charge on any atom is -0.493 e. The molecular formula is C19H19NO4. The highest BCUT2D eigenvalue weighted by molar-refractivity contribution is 5.85. The van der Waals surface area contributed by atoms with Gasteiger partial charge in [0.25, 0.3) is 0 Å². The van der Waals surface area contributed by atoms with Crippen molar-refractivity contribution in [2.24, 2.45) is 0 Å². The summed E-state index contributed by atoms with van der Waals surface area (Å²) in [6.45, 7) is 1.27. The number of hydrogen-bond donors (Lipinski definition) is 1. The Morgan fingerprint density at radius 1 is 1.04 bits per heavy atom. The summed E-state index contributed by atoms with van der Waals surface area (Å²) in [5.41, 5.74) is 6.27. The highest BCUT2D eigenvalue weighted by Gasteiger charge is 2.36. The Bertz CT molecular complexity index is 846. The number of ether oxygens (including phenoxy) is 4. The Labute approximate surface area is 140 Å². The van der Waals surface area contributed by atoms with Crippen LogP contribution in [0, 0.1) is 0 Å². The lowest BCUT2D eigenvalue weighted by Gasteiger charge is -2.35. The third-order valence-electron chi connectivity index (χ3n) is 5.23. The molecule has 0 saturated carbocycles. The Hall–Kier alpha value is -2.40. The minimum atomic E-state index is 0.284. The van der Waals surface area contributed by atoms with Crippen molar-refractivity contribution in [2.45, 2.75) is 18.9 Å². The smallest absolute Gasteiger partial charge is 0.231 e. The molecule has 2 heterocycles. The Balaban J connectivity index is 1.83. The van der Waals surface area contributed by atoms with Crippen molar-refractivity contribution in [3.8, 4) is 34.1 Å². The van der Waals surface area contributed by atoms with E-state index >= 15 is 0 Å². The second-order valence-electron chi connectivity index (χ2n) is 6.38. The van der Waals surface area contributed by atoms with Gasteiger partial charge in [0.1, 0.15) is 0 Å². The van der Waals surface area contributed by atoms with Crippen LogP contribution in [0.1, 0.15) is 22.7 Å². The fourth-order valence-electron chi connectivity index (χ4n) is 4.18. The molecule has 2 aromatic rings. The number of rotatable bonds is 2. The zero-order valence-electron chi connectivity index (χ0n) is 13.8. The standard InChI is InChI=1S/C19H19NO4/c1-21-14-7-11-5-13-17-10(3-4-20-13)6-16-19(24-9-23-16)18(17)12(11)8-15(14)22-2/h6-8,13,20H,3-5,9H2,1-2H3/t13-/m1/s1. The predicted molar refractivity (Wildman–Crippen MR) is 89.3 cm³/mol. The number of nitrogens with one attached hydrogen (secondary N) is 1. The molecule has 2 aliphatic heterocycles. The molecule has 2 aromatic carbocycles. The van der Waals surface area contributed by atoms with Crippen molar-refractivity contribution in [1.29, 1.82) is 0 Å². The van der Waals surface area contributed by atoms with Gasteiger partial charge in [0.15, 0.2) is 23.0 Å². The molecular weight excluding hydrogens is 306 g/mol. The molecule has 0 fully saturated rings. The summed E-state index contributed by atoms with van der Waals surface area (Å²) >= 11 is 0. The fourth-order valence-corrected chi connectivity index (χ4v) is 4.18. The van der Waals surface area contributed by atoms with Crippen molar-refractivity contribution < 1.29 is 18.9 Å². The van der Waals surface area contributed by atoms with E-state index in [0.29, 0.717) is 6.04 Å². The monoisotopic (exact) mass is 325 g/mol. The lowest BCUT2D eigenvalue weighted by Crippen LogP contribution is -2.33. The van der Waals surface area contributed by atoms with E-state index in [1.54, 1.807) is 14.2 Å². The van der Waals surface area contributed by atoms with Gasteiger partial charge in [0, 0.05) is 11.6 Å². The lowest BCUT2D eigenvalue weighted by molar-refractivity contribution is 0.174. The van der Waals surface area contributed by atoms with Gasteiger partial charge in [-0.15, -0.1) is 0 Å². The minimum absolute atomic E-state index is 0.284. The molecule has 1 atom stereocenters. The maximum Gasteiger partial charge on any atom is 0.231 e. The summed E-state index contributed by atoms with van der Waals surface area (Å²) in [6.07, 6.45) is 1.95. The molecule has 5 heteroatoms. The molecule has 5 nitrogen and oxygen atoms in total. The van der Waals surface area contributed by atoms with E-state index in [2.05, 4.69) is 23.5 Å². The number of benzene rings is 2. The van der Waals surface area contributed by atoms with E-state index in [-0.39, 0.29) is 6.79 Å². The summed E-state index contributed by atoms with van der Waals surface area (Å²) < 4.78 is 22.5. The van der Waals surface area contributed by atoms with Crippen LogP contribution in [0.25, 0.3) is 11.1 Å². The molecule has 0 spiro atoms. The number of methoxy groups -OCH3 is 2. The van der Waals surface area contributed by atoms with Gasteiger partial charge in [-0.3, -0.25) is 0 Å². The van der Waals surface area contributed by atoms with Crippen molar-refractivity contribution in [3.05, 3.63) is 34.9 Å². The van der Waals surface area contributed by atoms with Gasteiger partial charge in [0.05, 0.1) is 14.2 Å². The van der Waals surface area contributed by atoms with Crippen molar-refractivity contribution in [1.82, 2.24) is 5.32 Å². The number of fused-ring (bicyclic) bond motifs is 4. The average Bonchev–Trinajstić information content (AvgIpc) is 3.08. The predicted octanol–water partition coefficient (Wildman–Crippen LogP) is 2.84. The first-order valence-electron chi connectivity index (χ1n) is 8.24. The quantitative estimate of drug-likeness (QED) is 0.920. The van der Waals surface area contributed by atoms with E-state index in [9.17, 15) is 0 Å². The largest absolute Gasteiger partial charge is 0.493 e. The second kappa shape index (κ2) is 5.05. The van der Waals surface area contributed by atoms with Gasteiger partial charge >= 0.3 is 0 Å². The molecule has 124 valence electrons. The zero-order chi connectivity index (χ0) is 16.3. The molecule has 0 bridgehead atoms. The van der Waals surface area contributed by atoms with Crippen LogP contribution in [0.15, 0.2) is 18.2 Å². The van der Waals surface area contributed by atoms with E-state index in [0.717, 1.165) is 53.5 Å². The van der Waals surface area contributed by atoms with Crippen LogP contribution in [0.2, 0.25) is 0 Å². The molecule has 24 heavy (non-hydrogen) atoms. The maximum atomic E-state index is 5.83. The maximum absolute atomic E-state index is 5.83. The third-order valence-corrected chi connectivity index (χ3v) is 5.23. The first-order valence-corrected chi connectivity index (χ1v) is 8.24. The highest BCUT2D eigenvalue weighted by Crippen LogP contribution is 2.53. The van der Waals surface area contributed by atoms with Gasteiger partial charge in [0.2, 0.25) is 6.79 Å². The molecule has 0 saturated heterocycles. The molecule has 5 rings (SSSR count). The Morgan fingerprint density at radius 3 is 2.71 bits per heavy atom. The van der Waals surface area contributed by atoms with Gasteiger partial charge in [-0.25, -0.2) is 0 Å². The lowest BCUT2D eigenvalue weighted by atomic mass is 9.77. The molecule has 3 aliphatic rings. The Morgan fingerprint density at radius 2 is 1.88 bits per heavy atom. The molecule has 1 N–H and O–H groups in total. The van der Waals surface area contributed by atoms with E-state index in [1.165, 1.54) is 16.7 Å². The van der Waals surface area contributed by atoms with Crippen LogP contribution < -0.4 is 24.3 Å². The second-order valence-corrected chi connectivity index (χ2v) is 6.38. The van der Waals surface area contributed by atoms with Gasteiger partial charge in [-0.2, -0.15) is 0 Å². The van der Waals surface area contributed by atoms with E-state index < -0.39 is 0 Å². The van der Waals surface area contributed by atoms with Crippen molar-refractivity contribution >= 4 is 0 Å². The molecule has 0 aromatic heterocycles. The van der Waals surface area contributed by atoms with Crippen molar-refractivity contribution in [3.63, 3.8) is 0 Å². The molecule has 1 aliphatic carbocycles. The van der Waals surface area contributed by atoms with Crippen LogP contribution in [-0.4, -0.2) is 27.6 Å². The summed E-state index contributed by atoms with van der Waals surface area (Å²) in [5.74, 6) is 3.21. The molecule has 0 amide bonds. The normalized spacial score (nSPS) is 19.5. The van der Waals surface area contributed by atoms with Crippen LogP contribution >= 0.6 is 0 Å². The SMILES string of the molecule is COc1cc2c(cc1OC)-c1c3c(cc4c1[C@@H](C2)NCC4)OCO3. The summed E-state index contributed by atoms with van der Waals surface area (Å²) in [5, 5.41) is 3.65. The van der Waals surface area contributed by atoms with Crippen LogP contribution in [0.4, 0.5) is 0 Å². The topological polar surface area (TPSA) is 49.0 Å². The van der Waals surface area contributed by atoms with E-state index in [1.807, 2.05) is 0 Å². The van der Waals surface area contributed by atoms with Gasteiger partial charge < -0.3 is 24.3 Å². The fraction of sp³-hybridized carbons (Fsp3) is 0.368. The van der Waals surface area contributed by atoms with Crippen LogP contribution in [-0.2, 0) is 12.8 Å². The Kier molecular flexibility index (Phi) is 2.94. The summed E-state index contributed by atoms with van der Waals surface area (Å²) in [6, 6.07) is 6.61. The van der Waals surface area contributed by atoms with Crippen molar-refractivity contribution in [2.75, 3.05) is 27.6 Å². The van der Waals surface area contributed by atoms with Crippen LogP contribution in [0.5, 0.6) is 23.0 Å². The van der Waals surface area contributed by atoms with Gasteiger partial charge in [-0.05, 0) is 59.8 Å². The first kappa shape index (κ1) is 14.0.